The first kappa shape index (κ1) is 14.5. The second-order valence-electron chi connectivity index (χ2n) is 4.88. The Morgan fingerprint density at radius 2 is 2.10 bits per heavy atom. The Kier molecular flexibility index (Phi) is 4.74. The zero-order valence-electron chi connectivity index (χ0n) is 11.4. The number of benzene rings is 1. The number of hydrogen-bond acceptors (Lipinski definition) is 3. The van der Waals surface area contributed by atoms with Gasteiger partial charge >= 0.3 is 5.97 Å². The minimum Gasteiger partial charge on any atom is -0.481 e. The van der Waals surface area contributed by atoms with Gasteiger partial charge in [-0.1, -0.05) is 30.3 Å². The van der Waals surface area contributed by atoms with Gasteiger partial charge in [0.15, 0.2) is 0 Å². The van der Waals surface area contributed by atoms with Crippen molar-refractivity contribution in [3.8, 4) is 0 Å². The van der Waals surface area contributed by atoms with Crippen molar-refractivity contribution in [2.24, 2.45) is 5.92 Å². The van der Waals surface area contributed by atoms with E-state index in [1.807, 2.05) is 13.0 Å². The summed E-state index contributed by atoms with van der Waals surface area (Å²) in [6.07, 6.45) is 0.725. The molecule has 0 heterocycles. The lowest BCUT2D eigenvalue weighted by molar-refractivity contribution is -0.138. The number of hydrogen-bond donors (Lipinski definition) is 2. The predicted molar refractivity (Wildman–Crippen MR) is 73.3 cm³/mol. The molecule has 3 unspecified atom stereocenters. The summed E-state index contributed by atoms with van der Waals surface area (Å²) in [6.45, 7) is 2.59. The van der Waals surface area contributed by atoms with Crippen LogP contribution in [0.3, 0.4) is 0 Å². The van der Waals surface area contributed by atoms with Crippen LogP contribution in [0.4, 0.5) is 0 Å². The fraction of sp³-hybridized carbons (Fsp3) is 0.467. The maximum absolute atomic E-state index is 11.9. The zero-order valence-corrected chi connectivity index (χ0v) is 11.4. The topological polar surface area (TPSA) is 75.6 Å². The van der Waals surface area contributed by atoms with E-state index in [9.17, 15) is 14.7 Å². The van der Waals surface area contributed by atoms with E-state index in [-0.39, 0.29) is 24.5 Å². The van der Waals surface area contributed by atoms with Crippen LogP contribution in [0.5, 0.6) is 0 Å². The Balaban J connectivity index is 1.88. The fourth-order valence-corrected chi connectivity index (χ4v) is 2.21. The van der Waals surface area contributed by atoms with Crippen molar-refractivity contribution in [3.05, 3.63) is 35.9 Å². The SMILES string of the molecule is CCOC1CC1C(=O)NCC(C(=O)O)c1ccccc1. The Morgan fingerprint density at radius 1 is 1.40 bits per heavy atom. The van der Waals surface area contributed by atoms with Gasteiger partial charge in [0.2, 0.25) is 5.91 Å². The molecule has 1 aromatic carbocycles. The maximum Gasteiger partial charge on any atom is 0.312 e. The van der Waals surface area contributed by atoms with Crippen LogP contribution >= 0.6 is 0 Å². The number of carboxylic acids is 1. The number of rotatable bonds is 7. The Morgan fingerprint density at radius 3 is 2.70 bits per heavy atom. The Bertz CT molecular complexity index is 474. The minimum absolute atomic E-state index is 0.00000310. The van der Waals surface area contributed by atoms with Crippen LogP contribution in [-0.2, 0) is 14.3 Å². The number of amides is 1. The third-order valence-electron chi connectivity index (χ3n) is 3.43. The van der Waals surface area contributed by atoms with Crippen molar-refractivity contribution >= 4 is 11.9 Å². The summed E-state index contributed by atoms with van der Waals surface area (Å²) in [5.41, 5.74) is 0.692. The first-order valence-corrected chi connectivity index (χ1v) is 6.80. The van der Waals surface area contributed by atoms with E-state index >= 15 is 0 Å². The van der Waals surface area contributed by atoms with E-state index < -0.39 is 11.9 Å². The minimum atomic E-state index is -0.936. The van der Waals surface area contributed by atoms with Crippen molar-refractivity contribution in [2.45, 2.75) is 25.4 Å². The summed E-state index contributed by atoms with van der Waals surface area (Å²) >= 11 is 0. The normalized spacial score (nSPS) is 22.1. The first-order valence-electron chi connectivity index (χ1n) is 6.80. The van der Waals surface area contributed by atoms with Gasteiger partial charge in [-0.05, 0) is 18.9 Å². The van der Waals surface area contributed by atoms with Crippen LogP contribution < -0.4 is 5.32 Å². The van der Waals surface area contributed by atoms with Gasteiger partial charge in [-0.3, -0.25) is 9.59 Å². The van der Waals surface area contributed by atoms with Crippen LogP contribution in [0.25, 0.3) is 0 Å². The molecule has 2 rings (SSSR count). The lowest BCUT2D eigenvalue weighted by Crippen LogP contribution is -2.33. The molecule has 1 fully saturated rings. The van der Waals surface area contributed by atoms with Crippen LogP contribution in [-0.4, -0.2) is 36.2 Å². The highest BCUT2D eigenvalue weighted by molar-refractivity contribution is 5.83. The van der Waals surface area contributed by atoms with E-state index in [0.717, 1.165) is 6.42 Å². The number of ether oxygens (including phenoxy) is 1. The standard InChI is InChI=1S/C15H19NO4/c1-2-20-13-8-11(13)14(17)16-9-12(15(18)19)10-6-4-3-5-7-10/h3-7,11-13H,2,8-9H2,1H3,(H,16,17)(H,18,19). The van der Waals surface area contributed by atoms with Crippen molar-refractivity contribution in [1.82, 2.24) is 5.32 Å². The lowest BCUT2D eigenvalue weighted by atomic mass is 9.99. The average Bonchev–Trinajstić information content (AvgIpc) is 3.19. The molecule has 1 aromatic rings. The van der Waals surface area contributed by atoms with Gasteiger partial charge in [0.05, 0.1) is 17.9 Å². The van der Waals surface area contributed by atoms with E-state index in [4.69, 9.17) is 4.74 Å². The summed E-state index contributed by atoms with van der Waals surface area (Å²) < 4.78 is 5.35. The molecule has 0 aromatic heterocycles. The molecule has 0 aliphatic heterocycles. The van der Waals surface area contributed by atoms with E-state index in [2.05, 4.69) is 5.32 Å². The molecule has 1 aliphatic carbocycles. The van der Waals surface area contributed by atoms with E-state index in [1.165, 1.54) is 0 Å². The Labute approximate surface area is 117 Å². The van der Waals surface area contributed by atoms with Crippen molar-refractivity contribution < 1.29 is 19.4 Å². The van der Waals surface area contributed by atoms with Gasteiger partial charge in [-0.25, -0.2) is 0 Å². The van der Waals surface area contributed by atoms with Gasteiger partial charge in [0.25, 0.3) is 0 Å². The average molecular weight is 277 g/mol. The number of nitrogens with one attached hydrogen (secondary N) is 1. The van der Waals surface area contributed by atoms with Crippen molar-refractivity contribution in [3.63, 3.8) is 0 Å². The molecule has 108 valence electrons. The highest BCUT2D eigenvalue weighted by Crippen LogP contribution is 2.33. The van der Waals surface area contributed by atoms with Gasteiger partial charge in [0.1, 0.15) is 0 Å². The Hall–Kier alpha value is -1.88. The zero-order chi connectivity index (χ0) is 14.5. The quantitative estimate of drug-likeness (QED) is 0.790. The third-order valence-corrected chi connectivity index (χ3v) is 3.43. The molecule has 5 heteroatoms. The van der Waals surface area contributed by atoms with Crippen LogP contribution in [0.1, 0.15) is 24.8 Å². The summed E-state index contributed by atoms with van der Waals surface area (Å²) in [6, 6.07) is 8.92. The van der Waals surface area contributed by atoms with Gasteiger partial charge in [-0.2, -0.15) is 0 Å². The molecule has 0 saturated heterocycles. The van der Waals surface area contributed by atoms with E-state index in [0.29, 0.717) is 12.2 Å². The molecule has 1 aliphatic rings. The highest BCUT2D eigenvalue weighted by atomic mass is 16.5. The molecular formula is C15H19NO4. The summed E-state index contributed by atoms with van der Waals surface area (Å²) in [5, 5.41) is 12.0. The third kappa shape index (κ3) is 3.57. The second-order valence-corrected chi connectivity index (χ2v) is 4.88. The van der Waals surface area contributed by atoms with Crippen LogP contribution in [0.2, 0.25) is 0 Å². The number of carboxylic acid groups (broad SMARTS) is 1. The summed E-state index contributed by atoms with van der Waals surface area (Å²) in [4.78, 5) is 23.2. The number of aliphatic carboxylic acids is 1. The lowest BCUT2D eigenvalue weighted by Gasteiger charge is -2.13. The maximum atomic E-state index is 11.9. The second kappa shape index (κ2) is 6.52. The van der Waals surface area contributed by atoms with Crippen molar-refractivity contribution in [2.75, 3.05) is 13.2 Å². The number of carbonyl (C=O) groups excluding carboxylic acids is 1. The predicted octanol–water partition coefficient (Wildman–Crippen LogP) is 1.40. The molecule has 0 radical (unpaired) electrons. The smallest absolute Gasteiger partial charge is 0.312 e. The molecular weight excluding hydrogens is 258 g/mol. The molecule has 0 spiro atoms. The summed E-state index contributed by atoms with van der Waals surface area (Å²) in [7, 11) is 0. The first-order chi connectivity index (χ1) is 9.63. The van der Waals surface area contributed by atoms with Gasteiger partial charge in [0, 0.05) is 13.2 Å². The summed E-state index contributed by atoms with van der Waals surface area (Å²) in [5.74, 6) is -1.90. The van der Waals surface area contributed by atoms with Gasteiger partial charge in [-0.15, -0.1) is 0 Å². The van der Waals surface area contributed by atoms with Crippen molar-refractivity contribution in [1.29, 1.82) is 0 Å². The largest absolute Gasteiger partial charge is 0.481 e. The molecule has 3 atom stereocenters. The number of carbonyl (C=O) groups is 2. The fourth-order valence-electron chi connectivity index (χ4n) is 2.21. The van der Waals surface area contributed by atoms with Gasteiger partial charge < -0.3 is 15.2 Å². The molecule has 2 N–H and O–H groups in total. The van der Waals surface area contributed by atoms with Crippen LogP contribution in [0.15, 0.2) is 30.3 Å². The molecule has 1 amide bonds. The molecule has 20 heavy (non-hydrogen) atoms. The molecule has 5 nitrogen and oxygen atoms in total. The van der Waals surface area contributed by atoms with E-state index in [1.54, 1.807) is 24.3 Å². The monoisotopic (exact) mass is 277 g/mol. The highest BCUT2D eigenvalue weighted by Gasteiger charge is 2.44. The molecule has 0 bridgehead atoms. The molecule has 1 saturated carbocycles. The van der Waals surface area contributed by atoms with Crippen LogP contribution in [0, 0.1) is 5.92 Å².